The molecule has 0 amide bonds. The van der Waals surface area contributed by atoms with Gasteiger partial charge in [0, 0.05) is 0 Å². The first-order chi connectivity index (χ1) is 11.6. The van der Waals surface area contributed by atoms with Gasteiger partial charge in [-0.1, -0.05) is 92.9 Å². The van der Waals surface area contributed by atoms with Crippen LogP contribution in [0.2, 0.25) is 0 Å². The van der Waals surface area contributed by atoms with Crippen LogP contribution in [0, 0.1) is 12.2 Å². The van der Waals surface area contributed by atoms with Crippen LogP contribution in [0.3, 0.4) is 0 Å². The summed E-state index contributed by atoms with van der Waals surface area (Å²) in [5.41, 5.74) is 9.29. The fourth-order valence-electron chi connectivity index (χ4n) is 3.68. The van der Waals surface area contributed by atoms with E-state index < -0.39 is 0 Å². The van der Waals surface area contributed by atoms with E-state index in [-0.39, 0.29) is 26.2 Å². The van der Waals surface area contributed by atoms with Crippen LogP contribution in [0.5, 0.6) is 0 Å². The molecule has 0 saturated heterocycles. The van der Waals surface area contributed by atoms with E-state index in [4.69, 9.17) is 0 Å². The first-order valence-electron chi connectivity index (χ1n) is 10.3. The summed E-state index contributed by atoms with van der Waals surface area (Å²) in [6.07, 6.45) is 19.3. The Morgan fingerprint density at radius 2 is 0.960 bits per heavy atom. The smallest absolute Gasteiger partial charge is 0.249 e. The van der Waals surface area contributed by atoms with Crippen molar-refractivity contribution >= 4 is 0 Å². The van der Waals surface area contributed by atoms with Gasteiger partial charge < -0.3 is 0 Å². The largest absolute Gasteiger partial charge is 2.00 e. The van der Waals surface area contributed by atoms with Gasteiger partial charge >= 0.3 is 26.2 Å². The molecule has 0 unspecified atom stereocenters. The molecule has 0 saturated carbocycles. The maximum Gasteiger partial charge on any atom is 2.00 e. The first-order valence-corrected chi connectivity index (χ1v) is 10.3. The molecule has 0 spiro atoms. The van der Waals surface area contributed by atoms with Crippen LogP contribution in [0.15, 0.2) is 33.4 Å². The molecule has 0 nitrogen and oxygen atoms in total. The molecule has 2 aliphatic carbocycles. The van der Waals surface area contributed by atoms with E-state index >= 15 is 0 Å². The van der Waals surface area contributed by atoms with Gasteiger partial charge in [-0.05, 0) is 0 Å². The predicted molar refractivity (Wildman–Crippen MR) is 108 cm³/mol. The molecule has 0 radical (unpaired) electrons. The quantitative estimate of drug-likeness (QED) is 0.350. The van der Waals surface area contributed by atoms with Crippen molar-refractivity contribution in [3.05, 3.63) is 45.6 Å². The van der Waals surface area contributed by atoms with Crippen molar-refractivity contribution in [1.82, 2.24) is 0 Å². The predicted octanol–water partition coefficient (Wildman–Crippen LogP) is 8.07. The molecule has 2 aliphatic rings. The number of allylic oxidation sites excluding steroid dienone is 8. The second-order valence-corrected chi connectivity index (χ2v) is 6.89. The molecule has 2 rings (SSSR count). The summed E-state index contributed by atoms with van der Waals surface area (Å²) in [4.78, 5) is 0. The minimum atomic E-state index is 0. The van der Waals surface area contributed by atoms with Crippen molar-refractivity contribution in [2.45, 2.75) is 106 Å². The molecule has 0 N–H and O–H groups in total. The Balaban J connectivity index is 0.000000443. The molecule has 0 aromatic carbocycles. The van der Waals surface area contributed by atoms with E-state index in [1.165, 1.54) is 73.7 Å². The zero-order valence-electron chi connectivity index (χ0n) is 17.6. The molecule has 0 bridgehead atoms. The fourth-order valence-corrected chi connectivity index (χ4v) is 3.68. The average Bonchev–Trinajstić information content (AvgIpc) is 3.19. The third-order valence-electron chi connectivity index (χ3n) is 5.03. The van der Waals surface area contributed by atoms with Crippen molar-refractivity contribution in [3.8, 4) is 0 Å². The van der Waals surface area contributed by atoms with Crippen LogP contribution in [-0.4, -0.2) is 0 Å². The van der Waals surface area contributed by atoms with Gasteiger partial charge in [0.25, 0.3) is 0 Å². The summed E-state index contributed by atoms with van der Waals surface area (Å²) in [5.74, 6) is 0. The van der Waals surface area contributed by atoms with Crippen molar-refractivity contribution in [2.75, 3.05) is 0 Å². The van der Waals surface area contributed by atoms with Crippen LogP contribution in [0.1, 0.15) is 106 Å². The number of rotatable bonds is 8. The van der Waals surface area contributed by atoms with Crippen molar-refractivity contribution in [1.29, 1.82) is 0 Å². The van der Waals surface area contributed by atoms with E-state index in [1.807, 2.05) is 0 Å². The fraction of sp³-hybridized carbons (Fsp3) is 0.667. The molecule has 138 valence electrons. The standard InChI is InChI=1S/2C12H19.Zr/c2*1-4-7-10-8-11(5-2)12(6-3)9-10;/h2*4-8H2,1-3H3;/q2*-1;+2. The zero-order valence-corrected chi connectivity index (χ0v) is 20.0. The van der Waals surface area contributed by atoms with E-state index in [1.54, 1.807) is 11.1 Å². The summed E-state index contributed by atoms with van der Waals surface area (Å²) < 4.78 is 0. The van der Waals surface area contributed by atoms with Crippen LogP contribution in [-0.2, 0) is 26.2 Å². The second-order valence-electron chi connectivity index (χ2n) is 6.89. The number of hydrogen-bond donors (Lipinski definition) is 0. The van der Waals surface area contributed by atoms with Crippen LogP contribution >= 0.6 is 0 Å². The van der Waals surface area contributed by atoms with E-state index in [2.05, 4.69) is 53.7 Å². The van der Waals surface area contributed by atoms with Gasteiger partial charge in [-0.2, -0.15) is 11.1 Å². The number of hydrogen-bond acceptors (Lipinski definition) is 0. The molecule has 0 heterocycles. The second kappa shape index (κ2) is 14.0. The van der Waals surface area contributed by atoms with E-state index in [0.717, 1.165) is 12.8 Å². The Labute approximate surface area is 177 Å². The minimum Gasteiger partial charge on any atom is -0.249 e. The molecule has 1 heteroatoms. The van der Waals surface area contributed by atoms with Crippen molar-refractivity contribution in [3.63, 3.8) is 0 Å². The van der Waals surface area contributed by atoms with Gasteiger partial charge in [0.2, 0.25) is 0 Å². The Morgan fingerprint density at radius 1 is 0.600 bits per heavy atom. The van der Waals surface area contributed by atoms with Gasteiger partial charge in [0.15, 0.2) is 0 Å². The first kappa shape index (κ1) is 24.8. The minimum absolute atomic E-state index is 0. The van der Waals surface area contributed by atoms with E-state index in [0.29, 0.717) is 0 Å². The Kier molecular flexibility index (Phi) is 13.9. The molecule has 0 aromatic heterocycles. The SMILES string of the molecule is CCCC1=[C-]C(CC)=C(CC)C1.CCCC1=[C-]C(CC)=C(CC)C1.[Zr+2]. The zero-order chi connectivity index (χ0) is 17.9. The summed E-state index contributed by atoms with van der Waals surface area (Å²) in [7, 11) is 0. The molecular formula is C24H38Zr. The topological polar surface area (TPSA) is 0 Å². The van der Waals surface area contributed by atoms with Crippen LogP contribution in [0.4, 0.5) is 0 Å². The Morgan fingerprint density at radius 3 is 1.16 bits per heavy atom. The Hall–Kier alpha value is -0.157. The van der Waals surface area contributed by atoms with Gasteiger partial charge in [0.1, 0.15) is 0 Å². The molecule has 25 heavy (non-hydrogen) atoms. The molecular weight excluding hydrogens is 379 g/mol. The Bertz CT molecular complexity index is 466. The van der Waals surface area contributed by atoms with Gasteiger partial charge in [-0.15, -0.1) is 12.8 Å². The monoisotopic (exact) mass is 416 g/mol. The van der Waals surface area contributed by atoms with Gasteiger partial charge in [-0.3, -0.25) is 0 Å². The maximum absolute atomic E-state index is 3.54. The van der Waals surface area contributed by atoms with Crippen LogP contribution in [0.25, 0.3) is 0 Å². The summed E-state index contributed by atoms with van der Waals surface area (Å²) in [6, 6.07) is 0. The molecule has 0 aliphatic heterocycles. The molecule has 0 atom stereocenters. The van der Waals surface area contributed by atoms with Crippen LogP contribution < -0.4 is 0 Å². The van der Waals surface area contributed by atoms with Crippen molar-refractivity contribution < 1.29 is 26.2 Å². The molecule has 0 aromatic rings. The van der Waals surface area contributed by atoms with Gasteiger partial charge in [-0.25, -0.2) is 34.4 Å². The van der Waals surface area contributed by atoms with E-state index in [9.17, 15) is 0 Å². The maximum atomic E-state index is 3.54. The normalized spacial score (nSPS) is 16.4. The van der Waals surface area contributed by atoms with Crippen molar-refractivity contribution in [2.24, 2.45) is 0 Å². The summed E-state index contributed by atoms with van der Waals surface area (Å²) in [6.45, 7) is 13.4. The molecule has 0 fully saturated rings. The third kappa shape index (κ3) is 7.94. The summed E-state index contributed by atoms with van der Waals surface area (Å²) in [5, 5.41) is 0. The summed E-state index contributed by atoms with van der Waals surface area (Å²) >= 11 is 0. The third-order valence-corrected chi connectivity index (χ3v) is 5.03. The average molecular weight is 418 g/mol. The van der Waals surface area contributed by atoms with Gasteiger partial charge in [0.05, 0.1) is 0 Å².